The molecule has 0 fully saturated rings. The predicted octanol–water partition coefficient (Wildman–Crippen LogP) is 0.935. The minimum Gasteiger partial charge on any atom is -0.275 e. The summed E-state index contributed by atoms with van der Waals surface area (Å²) in [5.74, 6) is -0.0686. The Morgan fingerprint density at radius 3 is 2.73 bits per heavy atom. The van der Waals surface area contributed by atoms with E-state index in [2.05, 4.69) is 18.9 Å². The topological polar surface area (TPSA) is 32.3 Å². The minimum absolute atomic E-state index is 0.0686. The summed E-state index contributed by atoms with van der Waals surface area (Å²) in [5.41, 5.74) is 2.80. The first kappa shape index (κ1) is 10.2. The molecule has 0 atom stereocenters. The van der Waals surface area contributed by atoms with Gasteiger partial charge >= 0.3 is 0 Å². The van der Waals surface area contributed by atoms with Crippen LogP contribution in [-0.4, -0.2) is 24.5 Å². The largest absolute Gasteiger partial charge is 0.275 e. The van der Waals surface area contributed by atoms with Crippen molar-refractivity contribution in [1.82, 2.24) is 10.4 Å². The molecule has 0 saturated heterocycles. The summed E-state index contributed by atoms with van der Waals surface area (Å²) in [5, 5.41) is 1.55. The SMILES string of the molecule is C=CC(=O)N(CCCC)NC. The molecular weight excluding hydrogens is 140 g/mol. The van der Waals surface area contributed by atoms with Crippen LogP contribution in [0.4, 0.5) is 0 Å². The summed E-state index contributed by atoms with van der Waals surface area (Å²) in [6, 6.07) is 0. The zero-order chi connectivity index (χ0) is 8.69. The number of hydrogen-bond donors (Lipinski definition) is 1. The number of nitrogens with one attached hydrogen (secondary N) is 1. The summed E-state index contributed by atoms with van der Waals surface area (Å²) in [7, 11) is 1.73. The smallest absolute Gasteiger partial charge is 0.260 e. The Morgan fingerprint density at radius 1 is 1.73 bits per heavy atom. The van der Waals surface area contributed by atoms with Crippen LogP contribution in [0.25, 0.3) is 0 Å². The fraction of sp³-hybridized carbons (Fsp3) is 0.625. The molecule has 0 radical (unpaired) electrons. The Hall–Kier alpha value is -0.830. The van der Waals surface area contributed by atoms with E-state index < -0.39 is 0 Å². The van der Waals surface area contributed by atoms with Gasteiger partial charge in [-0.1, -0.05) is 19.9 Å². The lowest BCUT2D eigenvalue weighted by Crippen LogP contribution is -2.40. The molecule has 0 aliphatic heterocycles. The maximum absolute atomic E-state index is 11.0. The van der Waals surface area contributed by atoms with Gasteiger partial charge in [-0.15, -0.1) is 0 Å². The van der Waals surface area contributed by atoms with Gasteiger partial charge in [0.1, 0.15) is 0 Å². The van der Waals surface area contributed by atoms with Crippen molar-refractivity contribution in [3.63, 3.8) is 0 Å². The number of rotatable bonds is 5. The first-order valence-electron chi connectivity index (χ1n) is 3.87. The van der Waals surface area contributed by atoms with Gasteiger partial charge in [-0.3, -0.25) is 9.80 Å². The van der Waals surface area contributed by atoms with E-state index in [1.165, 1.54) is 6.08 Å². The molecule has 3 nitrogen and oxygen atoms in total. The van der Waals surface area contributed by atoms with E-state index in [-0.39, 0.29) is 5.91 Å². The quantitative estimate of drug-likeness (QED) is 0.474. The molecule has 0 bridgehead atoms. The van der Waals surface area contributed by atoms with Crippen LogP contribution in [0.5, 0.6) is 0 Å². The van der Waals surface area contributed by atoms with Gasteiger partial charge in [0, 0.05) is 13.6 Å². The number of nitrogens with zero attached hydrogens (tertiary/aromatic N) is 1. The molecule has 0 saturated carbocycles. The average molecular weight is 156 g/mol. The molecular formula is C8H16N2O. The standard InChI is InChI=1S/C8H16N2O/c1-4-6-7-10(9-3)8(11)5-2/h5,9H,2,4,6-7H2,1,3H3. The normalized spacial score (nSPS) is 9.27. The third-order valence-electron chi connectivity index (χ3n) is 1.45. The van der Waals surface area contributed by atoms with E-state index in [0.29, 0.717) is 0 Å². The van der Waals surface area contributed by atoms with Gasteiger partial charge in [0.2, 0.25) is 0 Å². The molecule has 3 heteroatoms. The molecule has 0 aromatic carbocycles. The van der Waals surface area contributed by atoms with Gasteiger partial charge in [-0.25, -0.2) is 5.43 Å². The van der Waals surface area contributed by atoms with Gasteiger partial charge in [-0.2, -0.15) is 0 Å². The summed E-state index contributed by atoms with van der Waals surface area (Å²) in [6.07, 6.45) is 3.41. The Balaban J connectivity index is 3.74. The number of carbonyl (C=O) groups is 1. The zero-order valence-corrected chi connectivity index (χ0v) is 7.26. The van der Waals surface area contributed by atoms with E-state index in [0.717, 1.165) is 19.4 Å². The van der Waals surface area contributed by atoms with E-state index >= 15 is 0 Å². The molecule has 0 rings (SSSR count). The zero-order valence-electron chi connectivity index (χ0n) is 7.26. The second-order valence-corrected chi connectivity index (χ2v) is 2.27. The van der Waals surface area contributed by atoms with Crippen LogP contribution >= 0.6 is 0 Å². The van der Waals surface area contributed by atoms with Gasteiger partial charge in [0.25, 0.3) is 5.91 Å². The van der Waals surface area contributed by atoms with Crippen molar-refractivity contribution >= 4 is 5.91 Å². The summed E-state index contributed by atoms with van der Waals surface area (Å²) in [4.78, 5) is 11.0. The monoisotopic (exact) mass is 156 g/mol. The number of unbranched alkanes of at least 4 members (excludes halogenated alkanes) is 1. The van der Waals surface area contributed by atoms with E-state index in [1.807, 2.05) is 0 Å². The first-order chi connectivity index (χ1) is 5.26. The maximum Gasteiger partial charge on any atom is 0.260 e. The third kappa shape index (κ3) is 3.78. The highest BCUT2D eigenvalue weighted by atomic mass is 16.2. The van der Waals surface area contributed by atoms with E-state index in [4.69, 9.17) is 0 Å². The van der Waals surface area contributed by atoms with Crippen molar-refractivity contribution in [3.05, 3.63) is 12.7 Å². The Labute approximate surface area is 68.0 Å². The molecule has 0 spiro atoms. The van der Waals surface area contributed by atoms with Gasteiger partial charge in [-0.05, 0) is 12.5 Å². The molecule has 0 aliphatic carbocycles. The molecule has 0 aliphatic rings. The van der Waals surface area contributed by atoms with Crippen molar-refractivity contribution in [2.45, 2.75) is 19.8 Å². The van der Waals surface area contributed by atoms with Crippen LogP contribution in [0, 0.1) is 0 Å². The highest BCUT2D eigenvalue weighted by molar-refractivity contribution is 5.86. The van der Waals surface area contributed by atoms with Crippen molar-refractivity contribution in [2.24, 2.45) is 0 Å². The van der Waals surface area contributed by atoms with Crippen LogP contribution < -0.4 is 5.43 Å². The molecule has 0 heterocycles. The lowest BCUT2D eigenvalue weighted by atomic mass is 10.3. The minimum atomic E-state index is -0.0686. The third-order valence-corrected chi connectivity index (χ3v) is 1.45. The molecule has 64 valence electrons. The maximum atomic E-state index is 11.0. The highest BCUT2D eigenvalue weighted by Crippen LogP contribution is 1.91. The Morgan fingerprint density at radius 2 is 2.36 bits per heavy atom. The van der Waals surface area contributed by atoms with Crippen LogP contribution in [0.2, 0.25) is 0 Å². The molecule has 1 amide bonds. The number of hydrazine groups is 1. The number of hydrogen-bond acceptors (Lipinski definition) is 2. The van der Waals surface area contributed by atoms with Crippen LogP contribution in [0.1, 0.15) is 19.8 Å². The first-order valence-corrected chi connectivity index (χ1v) is 3.87. The Bertz CT molecular complexity index is 134. The fourth-order valence-electron chi connectivity index (χ4n) is 0.759. The van der Waals surface area contributed by atoms with Crippen LogP contribution in [0.3, 0.4) is 0 Å². The average Bonchev–Trinajstić information content (AvgIpc) is 2.05. The van der Waals surface area contributed by atoms with Crippen molar-refractivity contribution in [2.75, 3.05) is 13.6 Å². The second-order valence-electron chi connectivity index (χ2n) is 2.27. The number of carbonyl (C=O) groups excluding carboxylic acids is 1. The van der Waals surface area contributed by atoms with Crippen LogP contribution in [0.15, 0.2) is 12.7 Å². The Kier molecular flexibility index (Phi) is 5.47. The van der Waals surface area contributed by atoms with Gasteiger partial charge in [0.05, 0.1) is 0 Å². The van der Waals surface area contributed by atoms with E-state index in [9.17, 15) is 4.79 Å². The van der Waals surface area contributed by atoms with Crippen molar-refractivity contribution in [3.8, 4) is 0 Å². The van der Waals surface area contributed by atoms with Gasteiger partial charge < -0.3 is 0 Å². The summed E-state index contributed by atoms with van der Waals surface area (Å²) >= 11 is 0. The van der Waals surface area contributed by atoms with Gasteiger partial charge in [0.15, 0.2) is 0 Å². The number of amides is 1. The molecule has 0 aromatic heterocycles. The predicted molar refractivity (Wildman–Crippen MR) is 45.9 cm³/mol. The van der Waals surface area contributed by atoms with Crippen molar-refractivity contribution in [1.29, 1.82) is 0 Å². The molecule has 0 unspecified atom stereocenters. The highest BCUT2D eigenvalue weighted by Gasteiger charge is 2.04. The second kappa shape index (κ2) is 5.92. The molecule has 11 heavy (non-hydrogen) atoms. The fourth-order valence-corrected chi connectivity index (χ4v) is 0.759. The van der Waals surface area contributed by atoms with Crippen molar-refractivity contribution < 1.29 is 4.79 Å². The van der Waals surface area contributed by atoms with E-state index in [1.54, 1.807) is 12.1 Å². The van der Waals surface area contributed by atoms with Crippen LogP contribution in [-0.2, 0) is 4.79 Å². The summed E-state index contributed by atoms with van der Waals surface area (Å²) < 4.78 is 0. The lowest BCUT2D eigenvalue weighted by Gasteiger charge is -2.18. The lowest BCUT2D eigenvalue weighted by molar-refractivity contribution is -0.128. The summed E-state index contributed by atoms with van der Waals surface area (Å²) in [6.45, 7) is 6.24. The molecule has 1 N–H and O–H groups in total. The molecule has 0 aromatic rings.